The van der Waals surface area contributed by atoms with Gasteiger partial charge in [-0.2, -0.15) is 0 Å². The lowest BCUT2D eigenvalue weighted by atomic mass is 10.1. The van der Waals surface area contributed by atoms with Crippen molar-refractivity contribution in [3.63, 3.8) is 0 Å². The summed E-state index contributed by atoms with van der Waals surface area (Å²) >= 11 is 0. The molecule has 11 heavy (non-hydrogen) atoms. The van der Waals surface area contributed by atoms with Crippen molar-refractivity contribution in [3.05, 3.63) is 0 Å². The Kier molecular flexibility index (Phi) is 4.92. The van der Waals surface area contributed by atoms with Gasteiger partial charge in [-0.05, 0) is 0 Å². The third-order valence-corrected chi connectivity index (χ3v) is 1.17. The lowest BCUT2D eigenvalue weighted by molar-refractivity contribution is -0.291. The second kappa shape index (κ2) is 5.16. The number of aliphatic hydroxyl groups is 3. The molecule has 6 nitrogen and oxygen atoms in total. The fraction of sp³-hybridized carbons (Fsp3) is 0.800. The fourth-order valence-corrected chi connectivity index (χ4v) is 0.495. The molecule has 0 aliphatic carbocycles. The predicted molar refractivity (Wildman–Crippen MR) is 32.7 cm³/mol. The van der Waals surface area contributed by atoms with Crippen LogP contribution in [0.25, 0.3) is 0 Å². The molecule has 0 radical (unpaired) electrons. The van der Waals surface area contributed by atoms with Crippen molar-refractivity contribution in [2.45, 2.75) is 18.3 Å². The van der Waals surface area contributed by atoms with Gasteiger partial charge in [-0.3, -0.25) is 5.26 Å². The van der Waals surface area contributed by atoms with Crippen molar-refractivity contribution in [3.8, 4) is 0 Å². The zero-order valence-electron chi connectivity index (χ0n) is 5.62. The molecule has 0 aromatic heterocycles. The maximum absolute atomic E-state index is 9.96. The quantitative estimate of drug-likeness (QED) is 0.209. The molecule has 0 aliphatic heterocycles. The third-order valence-electron chi connectivity index (χ3n) is 1.17. The Hall–Kier alpha value is -0.530. The van der Waals surface area contributed by atoms with Gasteiger partial charge in [-0.25, -0.2) is 4.89 Å². The summed E-state index contributed by atoms with van der Waals surface area (Å²) in [5.74, 6) is 0. The van der Waals surface area contributed by atoms with Crippen LogP contribution in [0.4, 0.5) is 0 Å². The van der Waals surface area contributed by atoms with Crippen molar-refractivity contribution >= 4 is 6.29 Å². The third kappa shape index (κ3) is 2.91. The van der Waals surface area contributed by atoms with E-state index in [-0.39, 0.29) is 6.29 Å². The summed E-state index contributed by atoms with van der Waals surface area (Å²) in [6.07, 6.45) is -4.54. The van der Waals surface area contributed by atoms with E-state index in [0.717, 1.165) is 0 Å². The van der Waals surface area contributed by atoms with Crippen LogP contribution in [0.2, 0.25) is 0 Å². The number of aldehydes is 1. The molecule has 0 unspecified atom stereocenters. The molecule has 0 saturated heterocycles. The van der Waals surface area contributed by atoms with E-state index < -0.39 is 24.9 Å². The molecule has 6 heteroatoms. The van der Waals surface area contributed by atoms with E-state index in [0.29, 0.717) is 0 Å². The van der Waals surface area contributed by atoms with Crippen molar-refractivity contribution in [1.29, 1.82) is 0 Å². The van der Waals surface area contributed by atoms with Crippen LogP contribution >= 0.6 is 0 Å². The Balaban J connectivity index is 3.96. The summed E-state index contributed by atoms with van der Waals surface area (Å²) in [6.45, 7) is -0.713. The summed E-state index contributed by atoms with van der Waals surface area (Å²) in [7, 11) is 0. The SMILES string of the molecule is O=C[C@H](OO)[C@@H](O)[C@@H](O)CO. The average Bonchev–Trinajstić information content (AvgIpc) is 2.05. The second-order valence-electron chi connectivity index (χ2n) is 1.95. The van der Waals surface area contributed by atoms with Crippen molar-refractivity contribution in [2.75, 3.05) is 6.61 Å². The highest BCUT2D eigenvalue weighted by Gasteiger charge is 2.26. The molecule has 0 amide bonds. The summed E-state index contributed by atoms with van der Waals surface area (Å²) in [4.78, 5) is 13.5. The van der Waals surface area contributed by atoms with E-state index in [4.69, 9.17) is 20.6 Å². The highest BCUT2D eigenvalue weighted by molar-refractivity contribution is 5.57. The normalized spacial score (nSPS) is 18.9. The molecule has 0 aliphatic rings. The van der Waals surface area contributed by atoms with Crippen LogP contribution in [0.15, 0.2) is 0 Å². The van der Waals surface area contributed by atoms with E-state index >= 15 is 0 Å². The van der Waals surface area contributed by atoms with E-state index in [1.54, 1.807) is 0 Å². The highest BCUT2D eigenvalue weighted by atomic mass is 17.1. The van der Waals surface area contributed by atoms with Crippen LogP contribution in [0.3, 0.4) is 0 Å². The first-order valence-corrected chi connectivity index (χ1v) is 2.89. The van der Waals surface area contributed by atoms with E-state index in [1.807, 2.05) is 0 Å². The van der Waals surface area contributed by atoms with Crippen LogP contribution in [-0.4, -0.2) is 51.8 Å². The minimum absolute atomic E-state index is 0.115. The summed E-state index contributed by atoms with van der Waals surface area (Å²) in [5, 5.41) is 33.8. The molecular formula is C5H10O6. The van der Waals surface area contributed by atoms with Gasteiger partial charge >= 0.3 is 0 Å². The molecule has 4 N–H and O–H groups in total. The monoisotopic (exact) mass is 166 g/mol. The van der Waals surface area contributed by atoms with Crippen molar-refractivity contribution < 1.29 is 30.3 Å². The highest BCUT2D eigenvalue weighted by Crippen LogP contribution is 2.00. The second-order valence-corrected chi connectivity index (χ2v) is 1.95. The van der Waals surface area contributed by atoms with E-state index in [9.17, 15) is 4.79 Å². The Bertz CT molecular complexity index is 116. The zero-order valence-corrected chi connectivity index (χ0v) is 5.62. The largest absolute Gasteiger partial charge is 0.394 e. The lowest BCUT2D eigenvalue weighted by Gasteiger charge is -2.18. The maximum Gasteiger partial charge on any atom is 0.176 e. The van der Waals surface area contributed by atoms with Gasteiger partial charge < -0.3 is 20.1 Å². The van der Waals surface area contributed by atoms with Gasteiger partial charge in [0, 0.05) is 0 Å². The minimum Gasteiger partial charge on any atom is -0.394 e. The molecule has 0 saturated carbocycles. The Morgan fingerprint density at radius 2 is 2.00 bits per heavy atom. The first kappa shape index (κ1) is 10.5. The van der Waals surface area contributed by atoms with Gasteiger partial charge in [0.15, 0.2) is 12.4 Å². The van der Waals surface area contributed by atoms with Crippen LogP contribution in [0, 0.1) is 0 Å². The number of carbonyl (C=O) groups is 1. The number of hydrogen-bond acceptors (Lipinski definition) is 6. The van der Waals surface area contributed by atoms with Gasteiger partial charge in [0.25, 0.3) is 0 Å². The molecule has 0 rings (SSSR count). The Labute approximate surface area is 62.6 Å². The Morgan fingerprint density at radius 1 is 1.45 bits per heavy atom. The summed E-state index contributed by atoms with van der Waals surface area (Å²) in [6, 6.07) is 0. The van der Waals surface area contributed by atoms with Gasteiger partial charge in [0.1, 0.15) is 12.2 Å². The van der Waals surface area contributed by atoms with Crippen LogP contribution < -0.4 is 0 Å². The smallest absolute Gasteiger partial charge is 0.176 e. The molecule has 66 valence electrons. The first-order valence-electron chi connectivity index (χ1n) is 2.89. The number of rotatable bonds is 5. The van der Waals surface area contributed by atoms with Crippen molar-refractivity contribution in [1.82, 2.24) is 0 Å². The van der Waals surface area contributed by atoms with Crippen molar-refractivity contribution in [2.24, 2.45) is 0 Å². The summed E-state index contributed by atoms with van der Waals surface area (Å²) in [5.41, 5.74) is 0. The van der Waals surface area contributed by atoms with E-state index in [1.165, 1.54) is 0 Å². The predicted octanol–water partition coefficient (Wildman–Crippen LogP) is -2.24. The minimum atomic E-state index is -1.62. The molecule has 0 aromatic rings. The zero-order chi connectivity index (χ0) is 8.85. The van der Waals surface area contributed by atoms with E-state index in [2.05, 4.69) is 4.89 Å². The average molecular weight is 166 g/mol. The molecular weight excluding hydrogens is 156 g/mol. The molecule has 3 atom stereocenters. The molecule has 0 heterocycles. The number of carbonyl (C=O) groups excluding carboxylic acids is 1. The molecule has 0 bridgehead atoms. The van der Waals surface area contributed by atoms with Crippen LogP contribution in [0.5, 0.6) is 0 Å². The summed E-state index contributed by atoms with van der Waals surface area (Å²) < 4.78 is 0. The van der Waals surface area contributed by atoms with Gasteiger partial charge in [-0.15, -0.1) is 0 Å². The van der Waals surface area contributed by atoms with Crippen LogP contribution in [-0.2, 0) is 9.68 Å². The number of aliphatic hydroxyl groups excluding tert-OH is 3. The molecule has 0 fully saturated rings. The van der Waals surface area contributed by atoms with Gasteiger partial charge in [0.2, 0.25) is 0 Å². The standard InChI is InChI=1S/C5H10O6/c6-1-3(8)5(9)4(2-7)11-10/h2-6,8-10H,1H2/t3-,4-,5-/m0/s1. The van der Waals surface area contributed by atoms with Gasteiger partial charge in [-0.1, -0.05) is 0 Å². The topological polar surface area (TPSA) is 107 Å². The Morgan fingerprint density at radius 3 is 2.27 bits per heavy atom. The lowest BCUT2D eigenvalue weighted by Crippen LogP contribution is -2.41. The fourth-order valence-electron chi connectivity index (χ4n) is 0.495. The maximum atomic E-state index is 9.96. The molecule has 0 aromatic carbocycles. The molecule has 0 spiro atoms. The number of hydrogen-bond donors (Lipinski definition) is 4. The van der Waals surface area contributed by atoms with Crippen LogP contribution in [0.1, 0.15) is 0 Å². The van der Waals surface area contributed by atoms with Gasteiger partial charge in [0.05, 0.1) is 6.61 Å². The first-order chi connectivity index (χ1) is 5.17.